The molecule has 0 aliphatic carbocycles. The Morgan fingerprint density at radius 1 is 1.56 bits per heavy atom. The predicted molar refractivity (Wildman–Crippen MR) is 63.6 cm³/mol. The zero-order valence-corrected chi connectivity index (χ0v) is 10.0. The SMILES string of the molecule is Cc1cc(C(=O)NCc2cn[nH]c2)c(C)s1. The molecule has 0 spiro atoms. The topological polar surface area (TPSA) is 57.8 Å². The van der Waals surface area contributed by atoms with Gasteiger partial charge in [0.25, 0.3) is 5.91 Å². The van der Waals surface area contributed by atoms with Crippen LogP contribution < -0.4 is 5.32 Å². The van der Waals surface area contributed by atoms with Crippen molar-refractivity contribution in [2.45, 2.75) is 20.4 Å². The minimum absolute atomic E-state index is 0.0250. The van der Waals surface area contributed by atoms with Gasteiger partial charge in [0, 0.05) is 28.1 Å². The lowest BCUT2D eigenvalue weighted by molar-refractivity contribution is 0.0951. The Kier molecular flexibility index (Phi) is 3.05. The lowest BCUT2D eigenvalue weighted by Gasteiger charge is -2.02. The van der Waals surface area contributed by atoms with Crippen molar-refractivity contribution >= 4 is 17.2 Å². The number of carbonyl (C=O) groups excluding carboxylic acids is 1. The van der Waals surface area contributed by atoms with Crippen LogP contribution in [0.3, 0.4) is 0 Å². The fraction of sp³-hybridized carbons (Fsp3) is 0.273. The molecular weight excluding hydrogens is 222 g/mol. The van der Waals surface area contributed by atoms with Crippen LogP contribution in [-0.2, 0) is 6.54 Å². The van der Waals surface area contributed by atoms with Crippen LogP contribution >= 0.6 is 11.3 Å². The van der Waals surface area contributed by atoms with Crippen molar-refractivity contribution in [2.75, 3.05) is 0 Å². The molecule has 0 bridgehead atoms. The van der Waals surface area contributed by atoms with E-state index in [2.05, 4.69) is 15.5 Å². The molecule has 84 valence electrons. The third-order valence-corrected chi connectivity index (χ3v) is 3.26. The molecule has 0 fully saturated rings. The average molecular weight is 235 g/mol. The van der Waals surface area contributed by atoms with E-state index in [9.17, 15) is 4.79 Å². The molecule has 16 heavy (non-hydrogen) atoms. The Hall–Kier alpha value is -1.62. The van der Waals surface area contributed by atoms with Gasteiger partial charge in [-0.3, -0.25) is 9.89 Å². The van der Waals surface area contributed by atoms with E-state index in [0.29, 0.717) is 6.54 Å². The molecule has 0 aromatic carbocycles. The Labute approximate surface area is 97.7 Å². The van der Waals surface area contributed by atoms with Gasteiger partial charge in [-0.25, -0.2) is 0 Å². The van der Waals surface area contributed by atoms with E-state index in [4.69, 9.17) is 0 Å². The van der Waals surface area contributed by atoms with E-state index in [0.717, 1.165) is 20.9 Å². The maximum atomic E-state index is 11.8. The molecule has 0 saturated carbocycles. The first-order chi connectivity index (χ1) is 7.66. The molecule has 0 radical (unpaired) electrons. The quantitative estimate of drug-likeness (QED) is 0.855. The summed E-state index contributed by atoms with van der Waals surface area (Å²) in [6.45, 7) is 4.47. The Morgan fingerprint density at radius 2 is 2.38 bits per heavy atom. The molecular formula is C11H13N3OS. The standard InChI is InChI=1S/C11H13N3OS/c1-7-3-10(8(2)16-7)11(15)12-4-9-5-13-14-6-9/h3,5-6H,4H2,1-2H3,(H,12,15)(H,13,14). The van der Waals surface area contributed by atoms with Gasteiger partial charge in [-0.05, 0) is 19.9 Å². The number of hydrogen-bond donors (Lipinski definition) is 2. The van der Waals surface area contributed by atoms with Crippen LogP contribution in [-0.4, -0.2) is 16.1 Å². The van der Waals surface area contributed by atoms with Gasteiger partial charge in [-0.2, -0.15) is 5.10 Å². The lowest BCUT2D eigenvalue weighted by Crippen LogP contribution is -2.22. The van der Waals surface area contributed by atoms with E-state index >= 15 is 0 Å². The second-order valence-electron chi connectivity index (χ2n) is 3.62. The fourth-order valence-corrected chi connectivity index (χ4v) is 2.43. The first-order valence-corrected chi connectivity index (χ1v) is 5.81. The van der Waals surface area contributed by atoms with E-state index in [-0.39, 0.29) is 5.91 Å². The highest BCUT2D eigenvalue weighted by atomic mass is 32.1. The van der Waals surface area contributed by atoms with Crippen LogP contribution in [0.2, 0.25) is 0 Å². The van der Waals surface area contributed by atoms with Crippen molar-refractivity contribution < 1.29 is 4.79 Å². The van der Waals surface area contributed by atoms with E-state index in [1.165, 1.54) is 0 Å². The molecule has 2 heterocycles. The van der Waals surface area contributed by atoms with E-state index in [1.54, 1.807) is 23.7 Å². The van der Waals surface area contributed by atoms with Gasteiger partial charge in [0.15, 0.2) is 0 Å². The van der Waals surface area contributed by atoms with Gasteiger partial charge >= 0.3 is 0 Å². The molecule has 0 aliphatic rings. The predicted octanol–water partition coefficient (Wildman–Crippen LogP) is 2.02. The number of hydrogen-bond acceptors (Lipinski definition) is 3. The van der Waals surface area contributed by atoms with E-state index < -0.39 is 0 Å². The summed E-state index contributed by atoms with van der Waals surface area (Å²) in [7, 11) is 0. The first kappa shape index (κ1) is 10.9. The number of nitrogens with zero attached hydrogens (tertiary/aromatic N) is 1. The molecule has 2 rings (SSSR count). The molecule has 2 aromatic rings. The summed E-state index contributed by atoms with van der Waals surface area (Å²) in [5, 5.41) is 9.39. The summed E-state index contributed by atoms with van der Waals surface area (Å²) in [4.78, 5) is 14.1. The molecule has 0 atom stereocenters. The maximum Gasteiger partial charge on any atom is 0.252 e. The second-order valence-corrected chi connectivity index (χ2v) is 5.08. The van der Waals surface area contributed by atoms with E-state index in [1.807, 2.05) is 19.9 Å². The van der Waals surface area contributed by atoms with Gasteiger partial charge < -0.3 is 5.32 Å². The number of nitrogens with one attached hydrogen (secondary N) is 2. The Morgan fingerprint density at radius 3 is 2.94 bits per heavy atom. The molecule has 5 heteroatoms. The van der Waals surface area contributed by atoms with Crippen LogP contribution in [0.5, 0.6) is 0 Å². The Bertz CT molecular complexity index is 487. The van der Waals surface area contributed by atoms with Crippen LogP contribution in [0.4, 0.5) is 0 Å². The first-order valence-electron chi connectivity index (χ1n) is 4.99. The normalized spacial score (nSPS) is 10.4. The smallest absolute Gasteiger partial charge is 0.252 e. The zero-order chi connectivity index (χ0) is 11.5. The highest BCUT2D eigenvalue weighted by molar-refractivity contribution is 7.12. The van der Waals surface area contributed by atoms with Gasteiger partial charge in [-0.15, -0.1) is 11.3 Å². The molecule has 2 aromatic heterocycles. The van der Waals surface area contributed by atoms with Crippen LogP contribution in [0, 0.1) is 13.8 Å². The number of aromatic amines is 1. The third kappa shape index (κ3) is 2.30. The van der Waals surface area contributed by atoms with Gasteiger partial charge in [0.2, 0.25) is 0 Å². The largest absolute Gasteiger partial charge is 0.348 e. The molecule has 1 amide bonds. The number of rotatable bonds is 3. The number of carbonyl (C=O) groups is 1. The summed E-state index contributed by atoms with van der Waals surface area (Å²) in [6.07, 6.45) is 3.47. The number of H-pyrrole nitrogens is 1. The number of aryl methyl sites for hydroxylation is 2. The van der Waals surface area contributed by atoms with Crippen molar-refractivity contribution in [1.82, 2.24) is 15.5 Å². The highest BCUT2D eigenvalue weighted by Gasteiger charge is 2.11. The lowest BCUT2D eigenvalue weighted by atomic mass is 10.2. The van der Waals surface area contributed by atoms with Gasteiger partial charge in [0.1, 0.15) is 0 Å². The number of thiophene rings is 1. The summed E-state index contributed by atoms with van der Waals surface area (Å²) in [6, 6.07) is 1.92. The van der Waals surface area contributed by atoms with Gasteiger partial charge in [0.05, 0.1) is 11.8 Å². The Balaban J connectivity index is 2.01. The molecule has 0 aliphatic heterocycles. The second kappa shape index (κ2) is 4.49. The summed E-state index contributed by atoms with van der Waals surface area (Å²) >= 11 is 1.64. The van der Waals surface area contributed by atoms with Crippen LogP contribution in [0.15, 0.2) is 18.5 Å². The zero-order valence-electron chi connectivity index (χ0n) is 9.20. The number of amides is 1. The molecule has 4 nitrogen and oxygen atoms in total. The van der Waals surface area contributed by atoms with Crippen LogP contribution in [0.25, 0.3) is 0 Å². The summed E-state index contributed by atoms with van der Waals surface area (Å²) in [5.74, 6) is -0.0250. The third-order valence-electron chi connectivity index (χ3n) is 2.29. The number of aromatic nitrogens is 2. The minimum atomic E-state index is -0.0250. The average Bonchev–Trinajstić information content (AvgIpc) is 2.84. The van der Waals surface area contributed by atoms with Crippen molar-refractivity contribution in [3.63, 3.8) is 0 Å². The van der Waals surface area contributed by atoms with Crippen molar-refractivity contribution in [3.8, 4) is 0 Å². The molecule has 0 saturated heterocycles. The van der Waals surface area contributed by atoms with Crippen LogP contribution in [0.1, 0.15) is 25.7 Å². The van der Waals surface area contributed by atoms with Gasteiger partial charge in [-0.1, -0.05) is 0 Å². The molecule has 2 N–H and O–H groups in total. The maximum absolute atomic E-state index is 11.8. The van der Waals surface area contributed by atoms with Crippen molar-refractivity contribution in [2.24, 2.45) is 0 Å². The molecule has 0 unspecified atom stereocenters. The van der Waals surface area contributed by atoms with Crippen molar-refractivity contribution in [3.05, 3.63) is 39.3 Å². The summed E-state index contributed by atoms with van der Waals surface area (Å²) in [5.41, 5.74) is 1.74. The fourth-order valence-electron chi connectivity index (χ4n) is 1.51. The monoisotopic (exact) mass is 235 g/mol. The highest BCUT2D eigenvalue weighted by Crippen LogP contribution is 2.20. The van der Waals surface area contributed by atoms with Crippen molar-refractivity contribution in [1.29, 1.82) is 0 Å². The minimum Gasteiger partial charge on any atom is -0.348 e. The summed E-state index contributed by atoms with van der Waals surface area (Å²) < 4.78 is 0.